The van der Waals surface area contributed by atoms with Gasteiger partial charge < -0.3 is 9.47 Å². The van der Waals surface area contributed by atoms with E-state index in [1.54, 1.807) is 0 Å². The number of ether oxygens (including phenoxy) is 2. The Morgan fingerprint density at radius 1 is 1.21 bits per heavy atom. The Hall–Kier alpha value is -0.380. The Kier molecular flexibility index (Phi) is 5.04. The summed E-state index contributed by atoms with van der Waals surface area (Å²) in [5, 5.41) is 1.41. The molecule has 0 aromatic rings. The summed E-state index contributed by atoms with van der Waals surface area (Å²) in [7, 11) is 0.437. The van der Waals surface area contributed by atoms with Crippen LogP contribution >= 0.6 is 0 Å². The molecule has 19 heavy (non-hydrogen) atoms. The van der Waals surface area contributed by atoms with E-state index in [-0.39, 0.29) is 5.60 Å². The molecule has 2 saturated heterocycles. The molecule has 0 bridgehead atoms. The highest BCUT2D eigenvalue weighted by Gasteiger charge is 2.52. The van der Waals surface area contributed by atoms with E-state index in [1.807, 2.05) is 6.92 Å². The fourth-order valence-corrected chi connectivity index (χ4v) is 7.26. The molecule has 0 radical (unpaired) electrons. The molecule has 3 unspecified atom stereocenters. The maximum atomic E-state index is 11.6. The van der Waals surface area contributed by atoms with Gasteiger partial charge in [0.05, 0.1) is 6.61 Å². The van der Waals surface area contributed by atoms with E-state index in [0.29, 0.717) is 22.8 Å². The molecule has 0 spiro atoms. The molecule has 0 aromatic heterocycles. The third-order valence-corrected chi connectivity index (χ3v) is 7.95. The lowest BCUT2D eigenvalue weighted by atomic mass is 9.97. The lowest BCUT2D eigenvalue weighted by molar-refractivity contribution is -0.0175. The number of hydrogen-bond acceptors (Lipinski definition) is 3. The average molecular weight is 287 g/mol. The van der Waals surface area contributed by atoms with E-state index < -0.39 is 6.16 Å². The smallest absolute Gasteiger partial charge is 0.435 e. The molecule has 0 aliphatic carbocycles. The SMILES string of the molecule is CCOC(=O)OC(C)(C)C1CCCC2CCCC[S+]21. The average Bonchev–Trinajstić information content (AvgIpc) is 2.37. The van der Waals surface area contributed by atoms with Crippen molar-refractivity contribution in [3.63, 3.8) is 0 Å². The summed E-state index contributed by atoms with van der Waals surface area (Å²) in [4.78, 5) is 11.6. The summed E-state index contributed by atoms with van der Waals surface area (Å²) in [6.45, 7) is 6.33. The van der Waals surface area contributed by atoms with Crippen LogP contribution < -0.4 is 0 Å². The van der Waals surface area contributed by atoms with Crippen LogP contribution in [0, 0.1) is 0 Å². The minimum atomic E-state index is -0.504. The molecule has 0 amide bonds. The van der Waals surface area contributed by atoms with Gasteiger partial charge in [-0.1, -0.05) is 0 Å². The first-order valence-corrected chi connectivity index (χ1v) is 9.11. The number of hydrogen-bond donors (Lipinski definition) is 0. The molecule has 110 valence electrons. The predicted octanol–water partition coefficient (Wildman–Crippen LogP) is 3.66. The number of fused-ring (bicyclic) bond motifs is 1. The maximum absolute atomic E-state index is 11.6. The molecule has 3 atom stereocenters. The zero-order valence-corrected chi connectivity index (χ0v) is 13.3. The van der Waals surface area contributed by atoms with Gasteiger partial charge in [0.25, 0.3) is 0 Å². The molecule has 2 rings (SSSR count). The molecule has 0 N–H and O–H groups in total. The van der Waals surface area contributed by atoms with E-state index in [4.69, 9.17) is 9.47 Å². The van der Waals surface area contributed by atoms with Gasteiger partial charge in [-0.2, -0.15) is 0 Å². The molecule has 0 aromatic carbocycles. The van der Waals surface area contributed by atoms with Gasteiger partial charge in [0.15, 0.2) is 10.9 Å². The van der Waals surface area contributed by atoms with Gasteiger partial charge in [0.1, 0.15) is 11.0 Å². The van der Waals surface area contributed by atoms with Crippen molar-refractivity contribution in [2.75, 3.05) is 12.4 Å². The van der Waals surface area contributed by atoms with Crippen molar-refractivity contribution in [2.45, 2.75) is 75.4 Å². The Morgan fingerprint density at radius 2 is 1.95 bits per heavy atom. The number of carbonyl (C=O) groups is 1. The predicted molar refractivity (Wildman–Crippen MR) is 79.7 cm³/mol. The van der Waals surface area contributed by atoms with E-state index in [0.717, 1.165) is 5.25 Å². The van der Waals surface area contributed by atoms with Gasteiger partial charge >= 0.3 is 6.16 Å². The third-order valence-electron chi connectivity index (χ3n) is 4.33. The lowest BCUT2D eigenvalue weighted by Gasteiger charge is -2.40. The Labute approximate surface area is 119 Å². The van der Waals surface area contributed by atoms with Crippen LogP contribution in [0.5, 0.6) is 0 Å². The van der Waals surface area contributed by atoms with Crippen LogP contribution in [0.15, 0.2) is 0 Å². The van der Waals surface area contributed by atoms with Crippen molar-refractivity contribution in [1.29, 1.82) is 0 Å². The van der Waals surface area contributed by atoms with Crippen LogP contribution in [-0.4, -0.2) is 34.6 Å². The molecular formula is C15H27O3S+. The minimum absolute atomic E-state index is 0.383. The molecule has 3 nitrogen and oxygen atoms in total. The fraction of sp³-hybridized carbons (Fsp3) is 0.933. The summed E-state index contributed by atoms with van der Waals surface area (Å²) in [6, 6.07) is 0. The van der Waals surface area contributed by atoms with E-state index in [9.17, 15) is 4.79 Å². The molecule has 2 fully saturated rings. The first kappa shape index (κ1) is 15.0. The van der Waals surface area contributed by atoms with Gasteiger partial charge in [0.2, 0.25) is 0 Å². The number of rotatable bonds is 3. The van der Waals surface area contributed by atoms with Gasteiger partial charge in [-0.25, -0.2) is 4.79 Å². The first-order chi connectivity index (χ1) is 9.04. The monoisotopic (exact) mass is 287 g/mol. The molecule has 2 aliphatic heterocycles. The van der Waals surface area contributed by atoms with Crippen LogP contribution in [-0.2, 0) is 20.4 Å². The molecule has 2 heterocycles. The van der Waals surface area contributed by atoms with Crippen molar-refractivity contribution in [3.05, 3.63) is 0 Å². The van der Waals surface area contributed by atoms with Gasteiger partial charge in [-0.05, 0) is 70.2 Å². The van der Waals surface area contributed by atoms with Gasteiger partial charge in [-0.3, -0.25) is 0 Å². The third kappa shape index (κ3) is 3.59. The van der Waals surface area contributed by atoms with Crippen LogP contribution in [0.3, 0.4) is 0 Å². The van der Waals surface area contributed by atoms with Gasteiger partial charge in [-0.15, -0.1) is 0 Å². The van der Waals surface area contributed by atoms with E-state index in [1.165, 1.54) is 44.3 Å². The second-order valence-corrected chi connectivity index (χ2v) is 8.68. The maximum Gasteiger partial charge on any atom is 0.508 e. The van der Waals surface area contributed by atoms with Crippen molar-refractivity contribution in [2.24, 2.45) is 0 Å². The van der Waals surface area contributed by atoms with Crippen LogP contribution in [0.1, 0.15) is 59.3 Å². The lowest BCUT2D eigenvalue weighted by Crippen LogP contribution is -2.53. The highest BCUT2D eigenvalue weighted by atomic mass is 32.2. The van der Waals surface area contributed by atoms with Crippen LogP contribution in [0.2, 0.25) is 0 Å². The van der Waals surface area contributed by atoms with Crippen molar-refractivity contribution < 1.29 is 14.3 Å². The molecule has 2 aliphatic rings. The minimum Gasteiger partial charge on any atom is -0.435 e. The topological polar surface area (TPSA) is 35.5 Å². The Bertz CT molecular complexity index is 315. The van der Waals surface area contributed by atoms with Crippen molar-refractivity contribution in [3.8, 4) is 0 Å². The number of carbonyl (C=O) groups excluding carboxylic acids is 1. The second-order valence-electron chi connectivity index (χ2n) is 6.10. The van der Waals surface area contributed by atoms with Crippen LogP contribution in [0.25, 0.3) is 0 Å². The first-order valence-electron chi connectivity index (χ1n) is 7.59. The zero-order chi connectivity index (χ0) is 13.9. The molecular weight excluding hydrogens is 260 g/mol. The Balaban J connectivity index is 2.02. The largest absolute Gasteiger partial charge is 0.508 e. The normalized spacial score (nSPS) is 31.4. The Morgan fingerprint density at radius 3 is 2.68 bits per heavy atom. The van der Waals surface area contributed by atoms with Gasteiger partial charge in [0, 0.05) is 0 Å². The molecule has 4 heteroatoms. The standard InChI is InChI=1S/C15H27O3S/c1-4-17-14(16)18-15(2,3)13-10-7-9-12-8-5-6-11-19(12)13/h12-13H,4-11H2,1-3H3/q+1. The quantitative estimate of drug-likeness (QED) is 0.587. The van der Waals surface area contributed by atoms with Crippen molar-refractivity contribution >= 4 is 17.1 Å². The van der Waals surface area contributed by atoms with Crippen molar-refractivity contribution in [1.82, 2.24) is 0 Å². The van der Waals surface area contributed by atoms with E-state index in [2.05, 4.69) is 13.8 Å². The highest BCUT2D eigenvalue weighted by molar-refractivity contribution is 7.98. The van der Waals surface area contributed by atoms with E-state index >= 15 is 0 Å². The summed E-state index contributed by atoms with van der Waals surface area (Å²) in [5.41, 5.74) is -0.384. The van der Waals surface area contributed by atoms with Crippen LogP contribution in [0.4, 0.5) is 4.79 Å². The summed E-state index contributed by atoms with van der Waals surface area (Å²) < 4.78 is 10.6. The zero-order valence-electron chi connectivity index (χ0n) is 12.4. The summed E-state index contributed by atoms with van der Waals surface area (Å²) in [5.74, 6) is 1.34. The second kappa shape index (κ2) is 6.38. The molecule has 0 saturated carbocycles. The summed E-state index contributed by atoms with van der Waals surface area (Å²) in [6.07, 6.45) is 7.49. The highest BCUT2D eigenvalue weighted by Crippen LogP contribution is 2.40. The fourth-order valence-electron chi connectivity index (χ4n) is 3.45. The summed E-state index contributed by atoms with van der Waals surface area (Å²) >= 11 is 0.